The van der Waals surface area contributed by atoms with Crippen LogP contribution in [0.4, 0.5) is 0 Å². The van der Waals surface area contributed by atoms with Crippen LogP contribution in [-0.4, -0.2) is 33.9 Å². The van der Waals surface area contributed by atoms with E-state index in [1.807, 2.05) is 37.8 Å². The van der Waals surface area contributed by atoms with Crippen LogP contribution in [0.3, 0.4) is 0 Å². The molecule has 4 nitrogen and oxygen atoms in total. The second-order valence-corrected chi connectivity index (χ2v) is 8.01. The zero-order valence-corrected chi connectivity index (χ0v) is 14.8. The van der Waals surface area contributed by atoms with E-state index < -0.39 is 0 Å². The Kier molecular flexibility index (Phi) is 4.48. The summed E-state index contributed by atoms with van der Waals surface area (Å²) >= 11 is 1.73. The first kappa shape index (κ1) is 16.1. The molecule has 3 rings (SSSR count). The van der Waals surface area contributed by atoms with Crippen LogP contribution in [0.1, 0.15) is 44.5 Å². The van der Waals surface area contributed by atoms with E-state index in [0.717, 1.165) is 37.2 Å². The summed E-state index contributed by atoms with van der Waals surface area (Å²) in [5.41, 5.74) is 1.85. The van der Waals surface area contributed by atoms with Crippen molar-refractivity contribution in [3.05, 3.63) is 34.9 Å². The summed E-state index contributed by atoms with van der Waals surface area (Å²) in [6, 6.07) is 3.98. The zero-order chi connectivity index (χ0) is 16.4. The van der Waals surface area contributed by atoms with Gasteiger partial charge in [-0.1, -0.05) is 20.8 Å². The molecule has 5 heteroatoms. The minimum absolute atomic E-state index is 0.257. The molecule has 23 heavy (non-hydrogen) atoms. The van der Waals surface area contributed by atoms with E-state index in [0.29, 0.717) is 5.92 Å². The molecule has 0 unspecified atom stereocenters. The summed E-state index contributed by atoms with van der Waals surface area (Å²) < 4.78 is 0. The average Bonchev–Trinajstić information content (AvgIpc) is 3.04. The van der Waals surface area contributed by atoms with Crippen LogP contribution < -0.4 is 0 Å². The number of rotatable bonds is 2. The molecule has 1 aliphatic rings. The molecule has 3 heterocycles. The van der Waals surface area contributed by atoms with Crippen LogP contribution in [0, 0.1) is 5.41 Å². The molecule has 1 fully saturated rings. The number of nitrogens with zero attached hydrogens (tertiary/aromatic N) is 3. The molecule has 122 valence electrons. The van der Waals surface area contributed by atoms with Gasteiger partial charge in [0.25, 0.3) is 0 Å². The maximum Gasteiger partial charge on any atom is 0.227 e. The number of carbonyl (C=O) groups excluding carboxylic acids is 1. The highest BCUT2D eigenvalue weighted by Crippen LogP contribution is 2.33. The van der Waals surface area contributed by atoms with Crippen LogP contribution >= 0.6 is 11.3 Å². The van der Waals surface area contributed by atoms with Gasteiger partial charge >= 0.3 is 0 Å². The molecule has 0 atom stereocenters. The van der Waals surface area contributed by atoms with Crippen molar-refractivity contribution in [1.82, 2.24) is 14.9 Å². The number of hydrogen-bond acceptors (Lipinski definition) is 4. The lowest BCUT2D eigenvalue weighted by molar-refractivity contribution is -0.140. The predicted molar refractivity (Wildman–Crippen MR) is 93.4 cm³/mol. The van der Waals surface area contributed by atoms with Crippen molar-refractivity contribution in [2.75, 3.05) is 13.1 Å². The largest absolute Gasteiger partial charge is 0.342 e. The highest BCUT2D eigenvalue weighted by molar-refractivity contribution is 7.10. The smallest absolute Gasteiger partial charge is 0.227 e. The van der Waals surface area contributed by atoms with Crippen molar-refractivity contribution in [2.45, 2.75) is 39.5 Å². The Morgan fingerprint density at radius 1 is 1.22 bits per heavy atom. The van der Waals surface area contributed by atoms with Crippen molar-refractivity contribution in [2.24, 2.45) is 5.41 Å². The van der Waals surface area contributed by atoms with Crippen LogP contribution in [0.25, 0.3) is 11.3 Å². The molecule has 0 N–H and O–H groups in total. The van der Waals surface area contributed by atoms with E-state index >= 15 is 0 Å². The van der Waals surface area contributed by atoms with Gasteiger partial charge in [-0.15, -0.1) is 11.3 Å². The molecule has 2 aromatic heterocycles. The summed E-state index contributed by atoms with van der Waals surface area (Å²) in [6.45, 7) is 7.64. The fourth-order valence-corrected chi connectivity index (χ4v) is 3.93. The highest BCUT2D eigenvalue weighted by atomic mass is 32.1. The van der Waals surface area contributed by atoms with Crippen molar-refractivity contribution < 1.29 is 4.79 Å². The number of carbonyl (C=O) groups is 1. The maximum atomic E-state index is 12.4. The van der Waals surface area contributed by atoms with Crippen LogP contribution in [-0.2, 0) is 4.79 Å². The SMILES string of the molecule is CC(C)(C)C(=O)N1CCC(c2nc(-c3ccncc3)cs2)CC1. The molecule has 0 aromatic carbocycles. The number of likely N-dealkylation sites (tertiary alicyclic amines) is 1. The molecule has 2 aromatic rings. The standard InChI is InChI=1S/C18H23N3OS/c1-18(2,3)17(22)21-10-6-14(7-11-21)16-20-15(12-23-16)13-4-8-19-9-5-13/h4-5,8-9,12,14H,6-7,10-11H2,1-3H3. The summed E-state index contributed by atoms with van der Waals surface area (Å²) in [7, 11) is 0. The van der Waals surface area contributed by atoms with E-state index in [4.69, 9.17) is 4.98 Å². The molecule has 1 saturated heterocycles. The molecular weight excluding hydrogens is 306 g/mol. The van der Waals surface area contributed by atoms with Gasteiger partial charge in [-0.2, -0.15) is 0 Å². The number of thiazole rings is 1. The first-order valence-electron chi connectivity index (χ1n) is 8.10. The first-order valence-corrected chi connectivity index (χ1v) is 8.98. The Morgan fingerprint density at radius 2 is 1.87 bits per heavy atom. The molecule has 1 aliphatic heterocycles. The first-order chi connectivity index (χ1) is 10.9. The number of piperidine rings is 1. The normalized spacial score (nSPS) is 16.6. The van der Waals surface area contributed by atoms with Crippen molar-refractivity contribution in [3.8, 4) is 11.3 Å². The van der Waals surface area contributed by atoms with Gasteiger partial charge in [0.2, 0.25) is 5.91 Å². The Hall–Kier alpha value is -1.75. The summed E-state index contributed by atoms with van der Waals surface area (Å²) in [4.78, 5) is 23.2. The monoisotopic (exact) mass is 329 g/mol. The number of amides is 1. The van der Waals surface area contributed by atoms with E-state index in [-0.39, 0.29) is 11.3 Å². The lowest BCUT2D eigenvalue weighted by Gasteiger charge is -2.35. The second kappa shape index (κ2) is 6.40. The zero-order valence-electron chi connectivity index (χ0n) is 14.0. The van der Waals surface area contributed by atoms with Gasteiger partial charge in [-0.3, -0.25) is 9.78 Å². The summed E-state index contributed by atoms with van der Waals surface area (Å²) in [5.74, 6) is 0.729. The van der Waals surface area contributed by atoms with Gasteiger partial charge in [-0.25, -0.2) is 4.98 Å². The summed E-state index contributed by atoms with van der Waals surface area (Å²) in [5, 5.41) is 3.32. The quantitative estimate of drug-likeness (QED) is 0.838. The fourth-order valence-electron chi connectivity index (χ4n) is 2.93. The van der Waals surface area contributed by atoms with Crippen molar-refractivity contribution in [3.63, 3.8) is 0 Å². The van der Waals surface area contributed by atoms with Crippen LogP contribution in [0.2, 0.25) is 0 Å². The summed E-state index contributed by atoms with van der Waals surface area (Å²) in [6.07, 6.45) is 5.60. The topological polar surface area (TPSA) is 46.1 Å². The van der Waals surface area contributed by atoms with Gasteiger partial charge in [0.15, 0.2) is 0 Å². The van der Waals surface area contributed by atoms with Crippen LogP contribution in [0.5, 0.6) is 0 Å². The average molecular weight is 329 g/mol. The molecule has 1 amide bonds. The fraction of sp³-hybridized carbons (Fsp3) is 0.500. The Bertz CT molecular complexity index is 667. The lowest BCUT2D eigenvalue weighted by atomic mass is 9.91. The van der Waals surface area contributed by atoms with Gasteiger partial charge in [0.1, 0.15) is 0 Å². The third-order valence-corrected chi connectivity index (χ3v) is 5.28. The van der Waals surface area contributed by atoms with E-state index in [2.05, 4.69) is 10.4 Å². The second-order valence-electron chi connectivity index (χ2n) is 7.12. The van der Waals surface area contributed by atoms with Crippen molar-refractivity contribution in [1.29, 1.82) is 0 Å². The minimum Gasteiger partial charge on any atom is -0.342 e. The van der Waals surface area contributed by atoms with E-state index in [1.165, 1.54) is 5.01 Å². The molecule has 0 spiro atoms. The van der Waals surface area contributed by atoms with E-state index in [9.17, 15) is 4.79 Å². The minimum atomic E-state index is -0.289. The Balaban J connectivity index is 1.65. The molecule has 0 radical (unpaired) electrons. The molecule has 0 aliphatic carbocycles. The van der Waals surface area contributed by atoms with Gasteiger partial charge in [0.05, 0.1) is 10.7 Å². The third kappa shape index (κ3) is 3.61. The van der Waals surface area contributed by atoms with Crippen LogP contribution in [0.15, 0.2) is 29.9 Å². The molecule has 0 bridgehead atoms. The number of pyridine rings is 1. The highest BCUT2D eigenvalue weighted by Gasteiger charge is 2.31. The third-order valence-electron chi connectivity index (χ3n) is 4.27. The number of hydrogen-bond donors (Lipinski definition) is 0. The number of aromatic nitrogens is 2. The van der Waals surface area contributed by atoms with Gasteiger partial charge < -0.3 is 4.90 Å². The Morgan fingerprint density at radius 3 is 2.48 bits per heavy atom. The van der Waals surface area contributed by atoms with Gasteiger partial charge in [0, 0.05) is 47.8 Å². The lowest BCUT2D eigenvalue weighted by Crippen LogP contribution is -2.43. The molecular formula is C18H23N3OS. The maximum absolute atomic E-state index is 12.4. The predicted octanol–water partition coefficient (Wildman–Crippen LogP) is 3.96. The molecule has 0 saturated carbocycles. The van der Waals surface area contributed by atoms with Gasteiger partial charge in [-0.05, 0) is 25.0 Å². The van der Waals surface area contributed by atoms with E-state index in [1.54, 1.807) is 23.7 Å². The van der Waals surface area contributed by atoms with Crippen molar-refractivity contribution >= 4 is 17.2 Å². The Labute approximate surface area is 141 Å².